The third-order valence-corrected chi connectivity index (χ3v) is 6.75. The molecule has 13 nitrogen and oxygen atoms in total. The predicted octanol–water partition coefficient (Wildman–Crippen LogP) is 4.84. The van der Waals surface area contributed by atoms with Crippen molar-refractivity contribution in [2.45, 2.75) is 65.2 Å². The Morgan fingerprint density at radius 2 is 0.857 bits per heavy atom. The minimum absolute atomic E-state index is 0.109. The Kier molecular flexibility index (Phi) is 32.3. The van der Waals surface area contributed by atoms with Crippen molar-refractivity contribution >= 4 is 17.6 Å². The molecule has 0 aromatic heterocycles. The van der Waals surface area contributed by atoms with Crippen molar-refractivity contribution in [3.05, 3.63) is 24.3 Å². The van der Waals surface area contributed by atoms with Gasteiger partial charge in [0.25, 0.3) is 0 Å². The Morgan fingerprint density at radius 3 is 1.27 bits per heavy atom. The zero-order valence-corrected chi connectivity index (χ0v) is 30.1. The van der Waals surface area contributed by atoms with Crippen molar-refractivity contribution in [1.29, 1.82) is 0 Å². The van der Waals surface area contributed by atoms with Crippen LogP contribution in [0.4, 0.5) is 5.69 Å². The maximum Gasteiger partial charge on any atom is 0.305 e. The maximum atomic E-state index is 11.7. The second-order valence-corrected chi connectivity index (χ2v) is 11.0. The van der Waals surface area contributed by atoms with E-state index in [0.717, 1.165) is 18.5 Å². The third-order valence-electron chi connectivity index (χ3n) is 6.75. The summed E-state index contributed by atoms with van der Waals surface area (Å²) in [6, 6.07) is 7.17. The summed E-state index contributed by atoms with van der Waals surface area (Å²) in [4.78, 5) is 22.7. The third kappa shape index (κ3) is 32.6. The molecule has 0 atom stereocenters. The molecular formula is C36H63NO12. The molecule has 0 aliphatic rings. The van der Waals surface area contributed by atoms with E-state index in [1.54, 1.807) is 24.3 Å². The van der Waals surface area contributed by atoms with Crippen LogP contribution in [-0.4, -0.2) is 131 Å². The highest BCUT2D eigenvalue weighted by atomic mass is 16.6. The van der Waals surface area contributed by atoms with Gasteiger partial charge in [-0.15, -0.1) is 0 Å². The monoisotopic (exact) mass is 701 g/mol. The molecule has 0 fully saturated rings. The minimum Gasteiger partial charge on any atom is -0.491 e. The smallest absolute Gasteiger partial charge is 0.305 e. The number of hydrogen-bond donors (Lipinski definition) is 1. The molecule has 0 aliphatic heterocycles. The van der Waals surface area contributed by atoms with Crippen molar-refractivity contribution in [2.24, 2.45) is 0 Å². The van der Waals surface area contributed by atoms with Gasteiger partial charge in [-0.2, -0.15) is 0 Å². The summed E-state index contributed by atoms with van der Waals surface area (Å²) in [5, 5.41) is 2.71. The van der Waals surface area contributed by atoms with Crippen LogP contribution in [-0.2, 0) is 52.2 Å². The van der Waals surface area contributed by atoms with Gasteiger partial charge < -0.3 is 52.7 Å². The Bertz CT molecular complexity index is 874. The fraction of sp³-hybridized carbons (Fsp3) is 0.778. The number of ether oxygens (including phenoxy) is 10. The highest BCUT2D eigenvalue weighted by Gasteiger charge is 2.03. The quantitative estimate of drug-likeness (QED) is 0.0751. The van der Waals surface area contributed by atoms with Gasteiger partial charge in [-0.3, -0.25) is 9.59 Å². The van der Waals surface area contributed by atoms with E-state index in [1.807, 2.05) is 0 Å². The lowest BCUT2D eigenvalue weighted by molar-refractivity contribution is -0.145. The largest absolute Gasteiger partial charge is 0.491 e. The molecule has 0 radical (unpaired) electrons. The lowest BCUT2D eigenvalue weighted by atomic mass is 10.1. The van der Waals surface area contributed by atoms with Crippen LogP contribution in [0.15, 0.2) is 24.3 Å². The lowest BCUT2D eigenvalue weighted by Gasteiger charge is -2.09. The van der Waals surface area contributed by atoms with E-state index in [-0.39, 0.29) is 18.5 Å². The highest BCUT2D eigenvalue weighted by Crippen LogP contribution is 2.15. The number of benzene rings is 1. The first kappa shape index (κ1) is 44.7. The SMILES string of the molecule is CCCCCCCCCC(=O)OCCOCCOCCOCCOCCOCCOCCOCCOCCOc1ccc(NC(C)=O)cc1. The van der Waals surface area contributed by atoms with Crippen LogP contribution in [0.2, 0.25) is 0 Å². The van der Waals surface area contributed by atoms with E-state index in [4.69, 9.17) is 47.4 Å². The number of unbranched alkanes of at least 4 members (excludes halogenated alkanes) is 6. The Morgan fingerprint density at radius 1 is 0.490 bits per heavy atom. The molecule has 1 rings (SSSR count). The zero-order valence-electron chi connectivity index (χ0n) is 30.1. The van der Waals surface area contributed by atoms with E-state index < -0.39 is 0 Å². The van der Waals surface area contributed by atoms with E-state index in [0.29, 0.717) is 124 Å². The molecule has 1 amide bonds. The fourth-order valence-corrected chi connectivity index (χ4v) is 4.21. The molecule has 13 heteroatoms. The second-order valence-electron chi connectivity index (χ2n) is 11.0. The Hall–Kier alpha value is -2.36. The second kappa shape index (κ2) is 35.5. The van der Waals surface area contributed by atoms with Gasteiger partial charge in [0.2, 0.25) is 5.91 Å². The van der Waals surface area contributed by atoms with Crippen LogP contribution in [0.3, 0.4) is 0 Å². The molecule has 284 valence electrons. The topological polar surface area (TPSA) is 138 Å². The summed E-state index contributed by atoms with van der Waals surface area (Å²) >= 11 is 0. The van der Waals surface area contributed by atoms with Gasteiger partial charge in [-0.25, -0.2) is 0 Å². The van der Waals surface area contributed by atoms with Crippen LogP contribution in [0.25, 0.3) is 0 Å². The van der Waals surface area contributed by atoms with E-state index in [9.17, 15) is 9.59 Å². The number of rotatable bonds is 37. The number of carbonyl (C=O) groups excluding carboxylic acids is 2. The number of nitrogens with one attached hydrogen (secondary N) is 1. The van der Waals surface area contributed by atoms with E-state index >= 15 is 0 Å². The first-order valence-corrected chi connectivity index (χ1v) is 17.9. The number of anilines is 1. The molecule has 49 heavy (non-hydrogen) atoms. The normalized spacial score (nSPS) is 11.1. The summed E-state index contributed by atoms with van der Waals surface area (Å²) in [5.74, 6) is 0.462. The zero-order chi connectivity index (χ0) is 35.3. The van der Waals surface area contributed by atoms with E-state index in [2.05, 4.69) is 12.2 Å². The van der Waals surface area contributed by atoms with E-state index in [1.165, 1.54) is 39.0 Å². The molecule has 0 unspecified atom stereocenters. The Balaban J connectivity index is 1.68. The maximum absolute atomic E-state index is 11.7. The van der Waals surface area contributed by atoms with Crippen LogP contribution in [0, 0.1) is 0 Å². The van der Waals surface area contributed by atoms with Crippen LogP contribution in [0.5, 0.6) is 5.75 Å². The standard InChI is InChI=1S/C36H63NO12/c1-3-4-5-6-7-8-9-10-36(39)49-32-30-47-28-26-45-24-22-43-20-18-41-16-15-40-17-19-42-21-23-44-25-27-46-29-31-48-35-13-11-34(12-14-35)37-33(2)38/h11-14H,3-10,15-32H2,1-2H3,(H,37,38). The first-order valence-electron chi connectivity index (χ1n) is 17.9. The highest BCUT2D eigenvalue weighted by molar-refractivity contribution is 5.88. The summed E-state index contributed by atoms with van der Waals surface area (Å²) in [7, 11) is 0. The van der Waals surface area contributed by atoms with Gasteiger partial charge in [0.15, 0.2) is 0 Å². The summed E-state index contributed by atoms with van der Waals surface area (Å²) < 4.78 is 54.6. The molecule has 0 saturated carbocycles. The van der Waals surface area contributed by atoms with Crippen molar-refractivity contribution in [2.75, 3.05) is 124 Å². The molecule has 0 spiro atoms. The average molecular weight is 702 g/mol. The van der Waals surface area contributed by atoms with Gasteiger partial charge in [0.1, 0.15) is 19.0 Å². The lowest BCUT2D eigenvalue weighted by Crippen LogP contribution is -2.15. The number of esters is 1. The van der Waals surface area contributed by atoms with Gasteiger partial charge in [0.05, 0.1) is 106 Å². The predicted molar refractivity (Wildman–Crippen MR) is 186 cm³/mol. The molecule has 1 aromatic carbocycles. The van der Waals surface area contributed by atoms with Crippen molar-refractivity contribution in [3.63, 3.8) is 0 Å². The molecule has 0 aliphatic carbocycles. The molecular weight excluding hydrogens is 638 g/mol. The minimum atomic E-state index is -0.144. The molecule has 0 saturated heterocycles. The van der Waals surface area contributed by atoms with Gasteiger partial charge in [-0.1, -0.05) is 45.4 Å². The van der Waals surface area contributed by atoms with Crippen molar-refractivity contribution in [3.8, 4) is 5.75 Å². The summed E-state index contributed by atoms with van der Waals surface area (Å²) in [6.45, 7) is 12.0. The summed E-state index contributed by atoms with van der Waals surface area (Å²) in [6.07, 6.45) is 8.78. The number of amides is 1. The van der Waals surface area contributed by atoms with Crippen molar-refractivity contribution in [1.82, 2.24) is 0 Å². The fourth-order valence-electron chi connectivity index (χ4n) is 4.21. The number of carbonyl (C=O) groups is 2. The van der Waals surface area contributed by atoms with Crippen molar-refractivity contribution < 1.29 is 57.0 Å². The average Bonchev–Trinajstić information content (AvgIpc) is 3.09. The van der Waals surface area contributed by atoms with Gasteiger partial charge >= 0.3 is 5.97 Å². The molecule has 0 bridgehead atoms. The molecule has 0 heterocycles. The molecule has 1 N–H and O–H groups in total. The summed E-state index contributed by atoms with van der Waals surface area (Å²) in [5.41, 5.74) is 0.730. The first-order chi connectivity index (χ1) is 24.1. The number of hydrogen-bond acceptors (Lipinski definition) is 12. The molecule has 1 aromatic rings. The van der Waals surface area contributed by atoms with Crippen LogP contribution in [0.1, 0.15) is 65.2 Å². The van der Waals surface area contributed by atoms with Gasteiger partial charge in [0, 0.05) is 19.0 Å². The van der Waals surface area contributed by atoms with Gasteiger partial charge in [-0.05, 0) is 30.7 Å². The Labute approximate surface area is 293 Å². The van der Waals surface area contributed by atoms with Crippen LogP contribution >= 0.6 is 0 Å². The van der Waals surface area contributed by atoms with Crippen LogP contribution < -0.4 is 10.1 Å².